The smallest absolute Gasteiger partial charge is 0.306 e. The molecule has 4 nitrogen and oxygen atoms in total. The molecule has 0 bridgehead atoms. The lowest BCUT2D eigenvalue weighted by Crippen LogP contribution is -2.62. The molecule has 0 aliphatic heterocycles. The summed E-state index contributed by atoms with van der Waals surface area (Å²) in [7, 11) is 0. The number of hydrogen-bond acceptors (Lipinski definition) is 4. The van der Waals surface area contributed by atoms with Crippen LogP contribution in [0.4, 0.5) is 11.4 Å². The molecule has 0 radical (unpaired) electrons. The van der Waals surface area contributed by atoms with Gasteiger partial charge < -0.3 is 16.2 Å². The number of rotatable bonds is 9. The Bertz CT molecular complexity index is 1210. The monoisotopic (exact) mass is 604 g/mol. The molecule has 0 spiro atoms. The van der Waals surface area contributed by atoms with Crippen LogP contribution in [0.15, 0.2) is 29.8 Å². The van der Waals surface area contributed by atoms with E-state index < -0.39 is 0 Å². The van der Waals surface area contributed by atoms with Crippen molar-refractivity contribution in [2.75, 3.05) is 11.5 Å². The van der Waals surface area contributed by atoms with E-state index >= 15 is 0 Å². The van der Waals surface area contributed by atoms with Gasteiger partial charge in [-0.1, -0.05) is 53.2 Å². The van der Waals surface area contributed by atoms with Gasteiger partial charge in [-0.25, -0.2) is 0 Å². The molecule has 0 amide bonds. The van der Waals surface area contributed by atoms with Crippen molar-refractivity contribution < 1.29 is 9.53 Å². The molecule has 4 heteroatoms. The van der Waals surface area contributed by atoms with Crippen molar-refractivity contribution in [3.05, 3.63) is 35.4 Å². The summed E-state index contributed by atoms with van der Waals surface area (Å²) in [6.07, 6.45) is 17.4. The van der Waals surface area contributed by atoms with Crippen LogP contribution in [0.5, 0.6) is 0 Å². The lowest BCUT2D eigenvalue weighted by Gasteiger charge is -2.67. The maximum absolute atomic E-state index is 13.1. The third-order valence-corrected chi connectivity index (χ3v) is 14.5. The van der Waals surface area contributed by atoms with E-state index in [1.54, 1.807) is 6.07 Å². The van der Waals surface area contributed by atoms with Crippen LogP contribution in [0.25, 0.3) is 0 Å². The van der Waals surface area contributed by atoms with Gasteiger partial charge in [0.15, 0.2) is 0 Å². The number of carbonyl (C=O) groups excluding carboxylic acids is 1. The molecule has 1 aromatic rings. The zero-order valence-electron chi connectivity index (χ0n) is 29.4. The summed E-state index contributed by atoms with van der Waals surface area (Å²) >= 11 is 0. The number of carbonyl (C=O) groups is 1. The first-order valence-electron chi connectivity index (χ1n) is 18.1. The Balaban J connectivity index is 1.23. The Kier molecular flexibility index (Phi) is 9.36. The van der Waals surface area contributed by atoms with Crippen molar-refractivity contribution in [2.45, 2.75) is 145 Å². The summed E-state index contributed by atoms with van der Waals surface area (Å²) in [6, 6.07) is 5.68. The Hall–Kier alpha value is -1.97. The van der Waals surface area contributed by atoms with Crippen LogP contribution >= 0.6 is 0 Å². The Morgan fingerprint density at radius 3 is 2.27 bits per heavy atom. The molecule has 44 heavy (non-hydrogen) atoms. The van der Waals surface area contributed by atoms with E-state index in [0.717, 1.165) is 48.5 Å². The number of aryl methyl sites for hydroxylation is 1. The highest BCUT2D eigenvalue weighted by Crippen LogP contribution is 2.74. The number of nitrogen functional groups attached to an aromatic ring is 2. The van der Waals surface area contributed by atoms with E-state index in [0.29, 0.717) is 40.0 Å². The second-order valence-corrected chi connectivity index (χ2v) is 17.4. The standard InChI is InChI=1S/C40H64N2O2/c1-26(2)11-9-12-27(3)31-17-21-40(8)33-15-16-34-37(4,5)35(19-20-38(34,6)32(33)18-22-39(31,40)7)44-36(43)14-10-13-28-23-29(41)25-30(42)24-28/h11,23-25,27,31-35H,9-10,12-22,41-42H2,1-8H3. The van der Waals surface area contributed by atoms with Crippen molar-refractivity contribution in [1.29, 1.82) is 0 Å². The van der Waals surface area contributed by atoms with Gasteiger partial charge >= 0.3 is 5.97 Å². The number of esters is 1. The first kappa shape index (κ1) is 33.4. The van der Waals surface area contributed by atoms with Gasteiger partial charge in [0, 0.05) is 23.2 Å². The van der Waals surface area contributed by atoms with E-state index in [-0.39, 0.29) is 17.5 Å². The van der Waals surface area contributed by atoms with E-state index in [4.69, 9.17) is 16.2 Å². The molecule has 4 fully saturated rings. The highest BCUT2D eigenvalue weighted by molar-refractivity contribution is 5.69. The van der Waals surface area contributed by atoms with Crippen LogP contribution in [-0.4, -0.2) is 12.1 Å². The van der Waals surface area contributed by atoms with E-state index in [1.807, 2.05) is 12.1 Å². The first-order valence-corrected chi connectivity index (χ1v) is 18.1. The molecule has 1 aromatic carbocycles. The number of nitrogens with two attached hydrogens (primary N) is 2. The highest BCUT2D eigenvalue weighted by atomic mass is 16.5. The van der Waals surface area contributed by atoms with Crippen molar-refractivity contribution >= 4 is 17.3 Å². The van der Waals surface area contributed by atoms with Crippen molar-refractivity contribution in [1.82, 2.24) is 0 Å². The molecule has 4 aliphatic carbocycles. The lowest BCUT2D eigenvalue weighted by molar-refractivity contribution is -0.210. The summed E-state index contributed by atoms with van der Waals surface area (Å²) < 4.78 is 6.32. The predicted octanol–water partition coefficient (Wildman–Crippen LogP) is 10.2. The Labute approximate surface area is 269 Å². The average Bonchev–Trinajstić information content (AvgIpc) is 3.21. The molecule has 0 heterocycles. The van der Waals surface area contributed by atoms with Gasteiger partial charge in [-0.15, -0.1) is 0 Å². The molecule has 246 valence electrons. The number of fused-ring (bicyclic) bond motifs is 5. The van der Waals surface area contributed by atoms with Gasteiger partial charge in [-0.05, 0) is 160 Å². The summed E-state index contributed by atoms with van der Waals surface area (Å²) in [4.78, 5) is 13.1. The molecular formula is C40H64N2O2. The Morgan fingerprint density at radius 2 is 1.59 bits per heavy atom. The third kappa shape index (κ3) is 5.86. The van der Waals surface area contributed by atoms with Crippen LogP contribution in [0.1, 0.15) is 138 Å². The van der Waals surface area contributed by atoms with E-state index in [2.05, 4.69) is 61.5 Å². The molecule has 0 aromatic heterocycles. The van der Waals surface area contributed by atoms with Crippen molar-refractivity contribution in [3.8, 4) is 0 Å². The zero-order chi connectivity index (χ0) is 32.1. The number of anilines is 2. The number of hydrogen-bond donors (Lipinski definition) is 2. The fourth-order valence-electron chi connectivity index (χ4n) is 12.0. The van der Waals surface area contributed by atoms with Crippen LogP contribution < -0.4 is 11.5 Å². The summed E-state index contributed by atoms with van der Waals surface area (Å²) in [5.74, 6) is 3.83. The number of allylic oxidation sites excluding steroid dienone is 2. The van der Waals surface area contributed by atoms with Gasteiger partial charge in [0.1, 0.15) is 6.10 Å². The predicted molar refractivity (Wildman–Crippen MR) is 185 cm³/mol. The van der Waals surface area contributed by atoms with Gasteiger partial charge in [0.2, 0.25) is 0 Å². The second kappa shape index (κ2) is 12.3. The van der Waals surface area contributed by atoms with Crippen LogP contribution in [0.3, 0.4) is 0 Å². The van der Waals surface area contributed by atoms with Crippen LogP contribution in [0, 0.1) is 51.2 Å². The molecule has 0 saturated heterocycles. The largest absolute Gasteiger partial charge is 0.462 e. The minimum Gasteiger partial charge on any atom is -0.462 e. The van der Waals surface area contributed by atoms with Gasteiger partial charge in [0.25, 0.3) is 0 Å². The quantitative estimate of drug-likeness (QED) is 0.167. The summed E-state index contributed by atoms with van der Waals surface area (Å²) in [5, 5.41) is 0. The maximum atomic E-state index is 13.1. The minimum absolute atomic E-state index is 0.00469. The molecule has 9 atom stereocenters. The number of benzene rings is 1. The highest BCUT2D eigenvalue weighted by Gasteiger charge is 2.67. The minimum atomic E-state index is -0.0473. The van der Waals surface area contributed by atoms with Crippen molar-refractivity contribution in [3.63, 3.8) is 0 Å². The number of ether oxygens (including phenoxy) is 1. The molecular weight excluding hydrogens is 540 g/mol. The molecule has 4 saturated carbocycles. The molecule has 9 unspecified atom stereocenters. The first-order chi connectivity index (χ1) is 20.6. The van der Waals surface area contributed by atoms with Crippen LogP contribution in [-0.2, 0) is 16.0 Å². The van der Waals surface area contributed by atoms with Crippen LogP contribution in [0.2, 0.25) is 0 Å². The van der Waals surface area contributed by atoms with E-state index in [1.165, 1.54) is 63.4 Å². The normalized spacial score (nSPS) is 38.1. The molecule has 4 aliphatic rings. The van der Waals surface area contributed by atoms with E-state index in [9.17, 15) is 4.79 Å². The molecule has 4 N–H and O–H groups in total. The zero-order valence-corrected chi connectivity index (χ0v) is 29.4. The van der Waals surface area contributed by atoms with Gasteiger partial charge in [-0.3, -0.25) is 4.79 Å². The fraction of sp³-hybridized carbons (Fsp3) is 0.775. The summed E-state index contributed by atoms with van der Waals surface area (Å²) in [5.41, 5.74) is 17.1. The van der Waals surface area contributed by atoms with Crippen molar-refractivity contribution in [2.24, 2.45) is 51.2 Å². The summed E-state index contributed by atoms with van der Waals surface area (Å²) in [6.45, 7) is 19.9. The fourth-order valence-corrected chi connectivity index (χ4v) is 12.0. The average molecular weight is 605 g/mol. The lowest BCUT2D eigenvalue weighted by atomic mass is 9.38. The SMILES string of the molecule is CC(C)=CCCC(C)C1CCC2(C)C3CCC4C(C)(C)C(OC(=O)CCCc5cc(N)cc(N)c5)CCC4(C)C3CCC12C. The Morgan fingerprint density at radius 1 is 0.909 bits per heavy atom. The molecule has 5 rings (SSSR count). The van der Waals surface area contributed by atoms with Gasteiger partial charge in [-0.2, -0.15) is 0 Å². The topological polar surface area (TPSA) is 78.3 Å². The maximum Gasteiger partial charge on any atom is 0.306 e. The van der Waals surface area contributed by atoms with Gasteiger partial charge in [0.05, 0.1) is 0 Å². The third-order valence-electron chi connectivity index (χ3n) is 14.5. The second-order valence-electron chi connectivity index (χ2n) is 17.4.